The van der Waals surface area contributed by atoms with Gasteiger partial charge in [-0.1, -0.05) is 6.07 Å². The summed E-state index contributed by atoms with van der Waals surface area (Å²) < 4.78 is 15.8. The highest BCUT2D eigenvalue weighted by molar-refractivity contribution is 5.77. The van der Waals surface area contributed by atoms with Crippen LogP contribution in [0, 0.1) is 6.92 Å². The van der Waals surface area contributed by atoms with Crippen LogP contribution in [0.3, 0.4) is 0 Å². The van der Waals surface area contributed by atoms with Crippen molar-refractivity contribution in [3.63, 3.8) is 0 Å². The number of methoxy groups -OCH3 is 1. The van der Waals surface area contributed by atoms with E-state index in [-0.39, 0.29) is 12.5 Å². The minimum absolute atomic E-state index is 0.0693. The molecule has 20 heavy (non-hydrogen) atoms. The van der Waals surface area contributed by atoms with Gasteiger partial charge in [-0.2, -0.15) is 0 Å². The molecule has 2 aromatic rings. The molecule has 1 aromatic carbocycles. The van der Waals surface area contributed by atoms with Crippen LogP contribution in [0.1, 0.15) is 11.3 Å². The zero-order valence-electron chi connectivity index (χ0n) is 11.5. The van der Waals surface area contributed by atoms with Gasteiger partial charge in [0.25, 0.3) is 5.91 Å². The quantitative estimate of drug-likeness (QED) is 0.878. The van der Waals surface area contributed by atoms with E-state index in [4.69, 9.17) is 13.9 Å². The van der Waals surface area contributed by atoms with Gasteiger partial charge in [0.15, 0.2) is 18.1 Å². The smallest absolute Gasteiger partial charge is 0.258 e. The van der Waals surface area contributed by atoms with Crippen molar-refractivity contribution in [1.82, 2.24) is 5.32 Å². The van der Waals surface area contributed by atoms with Gasteiger partial charge in [-0.05, 0) is 36.8 Å². The minimum atomic E-state index is -0.218. The number of furan rings is 1. The number of carbonyl (C=O) groups excluding carboxylic acids is 1. The van der Waals surface area contributed by atoms with Gasteiger partial charge in [0.05, 0.1) is 19.9 Å². The predicted molar refractivity (Wildman–Crippen MR) is 73.8 cm³/mol. The second kappa shape index (κ2) is 6.65. The Morgan fingerprint density at radius 3 is 2.85 bits per heavy atom. The van der Waals surface area contributed by atoms with Gasteiger partial charge in [-0.15, -0.1) is 0 Å². The molecule has 1 N–H and O–H groups in total. The van der Waals surface area contributed by atoms with Crippen molar-refractivity contribution in [3.8, 4) is 11.5 Å². The van der Waals surface area contributed by atoms with E-state index >= 15 is 0 Å². The monoisotopic (exact) mass is 275 g/mol. The zero-order chi connectivity index (χ0) is 14.4. The number of rotatable bonds is 6. The van der Waals surface area contributed by atoms with E-state index in [1.165, 1.54) is 0 Å². The van der Waals surface area contributed by atoms with Crippen molar-refractivity contribution in [2.75, 3.05) is 13.7 Å². The van der Waals surface area contributed by atoms with Crippen molar-refractivity contribution in [2.45, 2.75) is 13.5 Å². The topological polar surface area (TPSA) is 60.7 Å². The number of benzene rings is 1. The average molecular weight is 275 g/mol. The van der Waals surface area contributed by atoms with Crippen LogP contribution in [0.4, 0.5) is 0 Å². The summed E-state index contributed by atoms with van der Waals surface area (Å²) in [7, 11) is 1.57. The summed E-state index contributed by atoms with van der Waals surface area (Å²) >= 11 is 0. The van der Waals surface area contributed by atoms with Crippen LogP contribution in [-0.4, -0.2) is 19.6 Å². The lowest BCUT2D eigenvalue weighted by Gasteiger charge is -2.11. The maximum atomic E-state index is 11.7. The van der Waals surface area contributed by atoms with Crippen LogP contribution in [0.15, 0.2) is 41.0 Å². The minimum Gasteiger partial charge on any atom is -0.493 e. The molecule has 1 aromatic heterocycles. The molecule has 0 bridgehead atoms. The van der Waals surface area contributed by atoms with Gasteiger partial charge in [-0.25, -0.2) is 0 Å². The molecule has 0 aliphatic rings. The molecule has 5 nitrogen and oxygen atoms in total. The zero-order valence-corrected chi connectivity index (χ0v) is 11.5. The summed E-state index contributed by atoms with van der Waals surface area (Å²) in [5, 5.41) is 2.71. The molecule has 1 amide bonds. The SMILES string of the molecule is COc1cc(C)ccc1OCC(=O)NCc1ccco1. The Morgan fingerprint density at radius 2 is 2.15 bits per heavy atom. The Bertz CT molecular complexity index is 563. The largest absolute Gasteiger partial charge is 0.493 e. The first kappa shape index (κ1) is 14.0. The van der Waals surface area contributed by atoms with Gasteiger partial charge >= 0.3 is 0 Å². The summed E-state index contributed by atoms with van der Waals surface area (Å²) in [6.07, 6.45) is 1.56. The lowest BCUT2D eigenvalue weighted by molar-refractivity contribution is -0.123. The van der Waals surface area contributed by atoms with E-state index < -0.39 is 0 Å². The third-order valence-corrected chi connectivity index (χ3v) is 2.72. The number of ether oxygens (including phenoxy) is 2. The molecule has 0 unspecified atom stereocenters. The van der Waals surface area contributed by atoms with Crippen LogP contribution in [0.2, 0.25) is 0 Å². The second-order valence-corrected chi connectivity index (χ2v) is 4.30. The number of nitrogens with one attached hydrogen (secondary N) is 1. The van der Waals surface area contributed by atoms with Gasteiger partial charge < -0.3 is 19.2 Å². The third kappa shape index (κ3) is 3.78. The Labute approximate surface area is 117 Å². The maximum absolute atomic E-state index is 11.7. The lowest BCUT2D eigenvalue weighted by Crippen LogP contribution is -2.28. The molecule has 0 aliphatic heterocycles. The maximum Gasteiger partial charge on any atom is 0.258 e. The Hall–Kier alpha value is -2.43. The average Bonchev–Trinajstić information content (AvgIpc) is 2.97. The Morgan fingerprint density at radius 1 is 1.30 bits per heavy atom. The standard InChI is InChI=1S/C15H17NO4/c1-11-5-6-13(14(8-11)18-2)20-10-15(17)16-9-12-4-3-7-19-12/h3-8H,9-10H2,1-2H3,(H,16,17). The molecule has 0 fully saturated rings. The number of amides is 1. The lowest BCUT2D eigenvalue weighted by atomic mass is 10.2. The molecule has 106 valence electrons. The van der Waals surface area contributed by atoms with E-state index in [0.29, 0.717) is 23.8 Å². The Kier molecular flexibility index (Phi) is 4.65. The fourth-order valence-corrected chi connectivity index (χ4v) is 1.69. The molecular weight excluding hydrogens is 258 g/mol. The van der Waals surface area contributed by atoms with Crippen molar-refractivity contribution in [3.05, 3.63) is 47.9 Å². The fraction of sp³-hybridized carbons (Fsp3) is 0.267. The van der Waals surface area contributed by atoms with Crippen LogP contribution in [-0.2, 0) is 11.3 Å². The highest BCUT2D eigenvalue weighted by Crippen LogP contribution is 2.27. The summed E-state index contributed by atoms with van der Waals surface area (Å²) in [4.78, 5) is 11.7. The van der Waals surface area contributed by atoms with E-state index in [9.17, 15) is 4.79 Å². The molecule has 0 saturated heterocycles. The second-order valence-electron chi connectivity index (χ2n) is 4.30. The van der Waals surface area contributed by atoms with Crippen molar-refractivity contribution in [2.24, 2.45) is 0 Å². The van der Waals surface area contributed by atoms with E-state index in [2.05, 4.69) is 5.32 Å². The highest BCUT2D eigenvalue weighted by atomic mass is 16.5. The molecule has 5 heteroatoms. The molecule has 0 atom stereocenters. The van der Waals surface area contributed by atoms with Crippen LogP contribution >= 0.6 is 0 Å². The summed E-state index contributed by atoms with van der Waals surface area (Å²) in [5.74, 6) is 1.64. The van der Waals surface area contributed by atoms with Crippen molar-refractivity contribution < 1.29 is 18.7 Å². The Balaban J connectivity index is 1.84. The number of hydrogen-bond acceptors (Lipinski definition) is 4. The summed E-state index contributed by atoms with van der Waals surface area (Å²) in [6.45, 7) is 2.24. The van der Waals surface area contributed by atoms with Crippen molar-refractivity contribution >= 4 is 5.91 Å². The molecule has 2 rings (SSSR count). The number of carbonyl (C=O) groups is 1. The fourth-order valence-electron chi connectivity index (χ4n) is 1.69. The predicted octanol–water partition coefficient (Wildman–Crippen LogP) is 2.29. The molecule has 0 spiro atoms. The third-order valence-electron chi connectivity index (χ3n) is 2.72. The van der Waals surface area contributed by atoms with Crippen LogP contribution < -0.4 is 14.8 Å². The first-order valence-electron chi connectivity index (χ1n) is 6.25. The van der Waals surface area contributed by atoms with Crippen LogP contribution in [0.25, 0.3) is 0 Å². The molecule has 0 saturated carbocycles. The van der Waals surface area contributed by atoms with Gasteiger partial charge in [-0.3, -0.25) is 4.79 Å². The first-order valence-corrected chi connectivity index (χ1v) is 6.25. The highest BCUT2D eigenvalue weighted by Gasteiger charge is 2.08. The normalized spacial score (nSPS) is 10.1. The van der Waals surface area contributed by atoms with E-state index in [1.54, 1.807) is 31.6 Å². The number of aryl methyl sites for hydroxylation is 1. The van der Waals surface area contributed by atoms with Gasteiger partial charge in [0, 0.05) is 0 Å². The summed E-state index contributed by atoms with van der Waals surface area (Å²) in [6, 6.07) is 9.11. The van der Waals surface area contributed by atoms with Gasteiger partial charge in [0.2, 0.25) is 0 Å². The first-order chi connectivity index (χ1) is 9.69. The molecule has 0 aliphatic carbocycles. The van der Waals surface area contributed by atoms with Crippen molar-refractivity contribution in [1.29, 1.82) is 0 Å². The molecular formula is C15H17NO4. The van der Waals surface area contributed by atoms with E-state index in [0.717, 1.165) is 5.56 Å². The summed E-state index contributed by atoms with van der Waals surface area (Å²) in [5.41, 5.74) is 1.07. The van der Waals surface area contributed by atoms with Gasteiger partial charge in [0.1, 0.15) is 5.76 Å². The molecule has 0 radical (unpaired) electrons. The van der Waals surface area contributed by atoms with Crippen LogP contribution in [0.5, 0.6) is 11.5 Å². The van der Waals surface area contributed by atoms with E-state index in [1.807, 2.05) is 19.1 Å². The molecule has 1 heterocycles. The number of hydrogen-bond donors (Lipinski definition) is 1.